The number of carbonyl (C=O) groups excluding carboxylic acids is 2. The number of amides is 1. The number of hydrogen-bond donors (Lipinski definition) is 3. The van der Waals surface area contributed by atoms with Crippen molar-refractivity contribution in [2.45, 2.75) is 437 Å². The standard InChI is InChI=1S/C72H143NO5/c1-3-5-7-9-11-13-15-17-19-20-21-22-23-24-25-27-30-33-37-40-44-48-52-56-60-64-70(75)69(68-74)73-71(76)65-61-57-53-49-45-41-38-34-31-28-26-29-32-35-39-43-47-51-55-59-63-67-78-72(77)66-62-58-54-50-46-42-36-18-16-14-12-10-8-6-4-2/h69-70,74-75H,3-68H2,1-2H3,(H,73,76). The Kier molecular flexibility index (Phi) is 67.4. The molecular formula is C72H143NO5. The highest BCUT2D eigenvalue weighted by molar-refractivity contribution is 5.76. The number of esters is 1. The maximum absolute atomic E-state index is 12.6. The van der Waals surface area contributed by atoms with E-state index in [1.54, 1.807) is 0 Å². The van der Waals surface area contributed by atoms with Crippen molar-refractivity contribution in [1.82, 2.24) is 5.32 Å². The van der Waals surface area contributed by atoms with Gasteiger partial charge in [-0.3, -0.25) is 9.59 Å². The Morgan fingerprint density at radius 2 is 0.526 bits per heavy atom. The fraction of sp³-hybridized carbons (Fsp3) is 0.972. The molecule has 6 nitrogen and oxygen atoms in total. The molecular weight excluding hydrogens is 959 g/mol. The van der Waals surface area contributed by atoms with Crippen LogP contribution in [0.25, 0.3) is 0 Å². The van der Waals surface area contributed by atoms with Gasteiger partial charge in [-0.05, 0) is 25.7 Å². The highest BCUT2D eigenvalue weighted by Gasteiger charge is 2.20. The van der Waals surface area contributed by atoms with Crippen LogP contribution >= 0.6 is 0 Å². The summed E-state index contributed by atoms with van der Waals surface area (Å²) in [6.07, 6.45) is 82.9. The van der Waals surface area contributed by atoms with Crippen molar-refractivity contribution in [2.75, 3.05) is 13.2 Å². The van der Waals surface area contributed by atoms with Crippen LogP contribution in [0.5, 0.6) is 0 Å². The molecule has 0 aromatic heterocycles. The molecule has 1 amide bonds. The van der Waals surface area contributed by atoms with E-state index in [0.717, 1.165) is 38.5 Å². The van der Waals surface area contributed by atoms with Gasteiger partial charge in [-0.25, -0.2) is 0 Å². The van der Waals surface area contributed by atoms with Crippen LogP contribution in [0.1, 0.15) is 425 Å². The highest BCUT2D eigenvalue weighted by atomic mass is 16.5. The second-order valence-electron chi connectivity index (χ2n) is 25.3. The van der Waals surface area contributed by atoms with Gasteiger partial charge >= 0.3 is 5.97 Å². The summed E-state index contributed by atoms with van der Waals surface area (Å²) in [5.74, 6) is -0.0130. The first-order chi connectivity index (χ1) is 38.5. The number of hydrogen-bond acceptors (Lipinski definition) is 5. The van der Waals surface area contributed by atoms with Crippen LogP contribution in [-0.2, 0) is 14.3 Å². The molecule has 2 unspecified atom stereocenters. The third-order valence-corrected chi connectivity index (χ3v) is 17.4. The minimum absolute atomic E-state index is 0.0167. The average Bonchev–Trinajstić information content (AvgIpc) is 3.44. The van der Waals surface area contributed by atoms with E-state index in [0.29, 0.717) is 25.9 Å². The molecule has 0 heterocycles. The lowest BCUT2D eigenvalue weighted by molar-refractivity contribution is -0.143. The Labute approximate surface area is 489 Å². The van der Waals surface area contributed by atoms with Crippen molar-refractivity contribution in [3.05, 3.63) is 0 Å². The molecule has 0 saturated carbocycles. The molecule has 6 heteroatoms. The number of unbranched alkanes of at least 4 members (excludes halogenated alkanes) is 58. The van der Waals surface area contributed by atoms with Gasteiger partial charge in [0.1, 0.15) is 0 Å². The smallest absolute Gasteiger partial charge is 0.305 e. The van der Waals surface area contributed by atoms with Crippen molar-refractivity contribution in [3.63, 3.8) is 0 Å². The van der Waals surface area contributed by atoms with E-state index in [2.05, 4.69) is 19.2 Å². The second kappa shape index (κ2) is 68.4. The minimum Gasteiger partial charge on any atom is -0.466 e. The van der Waals surface area contributed by atoms with Gasteiger partial charge in [-0.15, -0.1) is 0 Å². The van der Waals surface area contributed by atoms with Crippen molar-refractivity contribution in [3.8, 4) is 0 Å². The van der Waals surface area contributed by atoms with Gasteiger partial charge in [0.25, 0.3) is 0 Å². The van der Waals surface area contributed by atoms with Crippen LogP contribution in [0.15, 0.2) is 0 Å². The molecule has 0 rings (SSSR count). The van der Waals surface area contributed by atoms with Crippen LogP contribution in [0.4, 0.5) is 0 Å². The molecule has 0 saturated heterocycles. The van der Waals surface area contributed by atoms with Gasteiger partial charge in [-0.2, -0.15) is 0 Å². The summed E-state index contributed by atoms with van der Waals surface area (Å²) in [5, 5.41) is 23.5. The lowest BCUT2D eigenvalue weighted by atomic mass is 10.0. The van der Waals surface area contributed by atoms with Crippen LogP contribution < -0.4 is 5.32 Å². The molecule has 78 heavy (non-hydrogen) atoms. The molecule has 0 aromatic rings. The molecule has 3 N–H and O–H groups in total. The van der Waals surface area contributed by atoms with Crippen molar-refractivity contribution >= 4 is 11.9 Å². The van der Waals surface area contributed by atoms with E-state index >= 15 is 0 Å². The topological polar surface area (TPSA) is 95.9 Å². The van der Waals surface area contributed by atoms with Crippen LogP contribution in [0.3, 0.4) is 0 Å². The first-order valence-electron chi connectivity index (χ1n) is 36.3. The summed E-state index contributed by atoms with van der Waals surface area (Å²) in [6, 6.07) is -0.543. The summed E-state index contributed by atoms with van der Waals surface area (Å²) >= 11 is 0. The van der Waals surface area contributed by atoms with Crippen molar-refractivity contribution in [1.29, 1.82) is 0 Å². The maximum atomic E-state index is 12.6. The second-order valence-corrected chi connectivity index (χ2v) is 25.3. The van der Waals surface area contributed by atoms with Crippen molar-refractivity contribution in [2.24, 2.45) is 0 Å². The summed E-state index contributed by atoms with van der Waals surface area (Å²) in [6.45, 7) is 5.01. The van der Waals surface area contributed by atoms with Gasteiger partial charge in [0.2, 0.25) is 5.91 Å². The Hall–Kier alpha value is -1.14. The Bertz CT molecular complexity index is 1130. The molecule has 0 spiro atoms. The highest BCUT2D eigenvalue weighted by Crippen LogP contribution is 2.20. The fourth-order valence-electron chi connectivity index (χ4n) is 11.9. The number of nitrogens with one attached hydrogen (secondary N) is 1. The van der Waals surface area contributed by atoms with E-state index in [1.807, 2.05) is 0 Å². The quantitative estimate of drug-likeness (QED) is 0.0417. The molecule has 0 radical (unpaired) electrons. The van der Waals surface area contributed by atoms with Gasteiger partial charge in [0, 0.05) is 12.8 Å². The third-order valence-electron chi connectivity index (χ3n) is 17.4. The first kappa shape index (κ1) is 76.9. The summed E-state index contributed by atoms with van der Waals surface area (Å²) in [4.78, 5) is 24.6. The molecule has 0 aliphatic carbocycles. The molecule has 0 bridgehead atoms. The summed E-state index contributed by atoms with van der Waals surface area (Å²) in [5.41, 5.74) is 0. The zero-order chi connectivity index (χ0) is 56.4. The summed E-state index contributed by atoms with van der Waals surface area (Å²) < 4.78 is 5.50. The molecule has 466 valence electrons. The van der Waals surface area contributed by atoms with Gasteiger partial charge in [-0.1, -0.05) is 386 Å². The van der Waals surface area contributed by atoms with E-state index in [-0.39, 0.29) is 18.5 Å². The number of aliphatic hydroxyl groups is 2. The van der Waals surface area contributed by atoms with E-state index < -0.39 is 12.1 Å². The number of carbonyl (C=O) groups is 2. The Morgan fingerprint density at radius 1 is 0.308 bits per heavy atom. The van der Waals surface area contributed by atoms with Crippen LogP contribution in [0, 0.1) is 0 Å². The third kappa shape index (κ3) is 64.0. The monoisotopic (exact) mass is 1100 g/mol. The molecule has 0 aliphatic rings. The lowest BCUT2D eigenvalue weighted by Crippen LogP contribution is -2.45. The van der Waals surface area contributed by atoms with Gasteiger partial charge < -0.3 is 20.3 Å². The van der Waals surface area contributed by atoms with Gasteiger partial charge in [0.15, 0.2) is 0 Å². The average molecular weight is 1100 g/mol. The summed E-state index contributed by atoms with van der Waals surface area (Å²) in [7, 11) is 0. The van der Waals surface area contributed by atoms with Gasteiger partial charge in [0.05, 0.1) is 25.4 Å². The van der Waals surface area contributed by atoms with E-state index in [1.165, 1.54) is 353 Å². The zero-order valence-corrected chi connectivity index (χ0v) is 53.4. The first-order valence-corrected chi connectivity index (χ1v) is 36.3. The normalized spacial score (nSPS) is 12.4. The molecule has 0 fully saturated rings. The largest absolute Gasteiger partial charge is 0.466 e. The maximum Gasteiger partial charge on any atom is 0.305 e. The molecule has 0 aliphatic heterocycles. The van der Waals surface area contributed by atoms with Crippen LogP contribution in [-0.4, -0.2) is 47.4 Å². The lowest BCUT2D eigenvalue weighted by Gasteiger charge is -2.22. The number of ether oxygens (including phenoxy) is 1. The predicted octanol–water partition coefficient (Wildman–Crippen LogP) is 23.4. The van der Waals surface area contributed by atoms with Crippen LogP contribution in [0.2, 0.25) is 0 Å². The van der Waals surface area contributed by atoms with E-state index in [9.17, 15) is 19.8 Å². The fourth-order valence-corrected chi connectivity index (χ4v) is 11.9. The Morgan fingerprint density at radius 3 is 0.782 bits per heavy atom. The predicted molar refractivity (Wildman–Crippen MR) is 343 cm³/mol. The molecule has 2 atom stereocenters. The number of aliphatic hydroxyl groups excluding tert-OH is 2. The SMILES string of the molecule is CCCCCCCCCCCCCCCCCCCCCCCCCCCC(O)C(CO)NC(=O)CCCCCCCCCCCCCCCCCCCCCCCOC(=O)CCCCCCCCCCCCCCCCC. The minimum atomic E-state index is -0.666. The Balaban J connectivity index is 3.37. The molecule has 0 aromatic carbocycles. The number of rotatable bonds is 69. The van der Waals surface area contributed by atoms with Crippen molar-refractivity contribution < 1.29 is 24.5 Å². The zero-order valence-electron chi connectivity index (χ0n) is 53.4. The van der Waals surface area contributed by atoms with E-state index in [4.69, 9.17) is 4.74 Å².